The van der Waals surface area contributed by atoms with E-state index in [0.717, 1.165) is 0 Å². The summed E-state index contributed by atoms with van der Waals surface area (Å²) in [5, 5.41) is 0. The molecule has 0 heterocycles. The van der Waals surface area contributed by atoms with Gasteiger partial charge < -0.3 is 15.2 Å². The molecule has 1 atom stereocenters. The first-order valence-corrected chi connectivity index (χ1v) is 5.55. The predicted molar refractivity (Wildman–Crippen MR) is 65.8 cm³/mol. The molecule has 2 N–H and O–H groups in total. The van der Waals surface area contributed by atoms with Gasteiger partial charge in [-0.25, -0.2) is 0 Å². The summed E-state index contributed by atoms with van der Waals surface area (Å²) >= 11 is 0. The lowest BCUT2D eigenvalue weighted by molar-refractivity contribution is -0.157. The molecule has 17 heavy (non-hydrogen) atoms. The summed E-state index contributed by atoms with van der Waals surface area (Å²) in [6.45, 7) is 5.51. The third-order valence-electron chi connectivity index (χ3n) is 1.88. The van der Waals surface area contributed by atoms with Crippen LogP contribution in [0.2, 0.25) is 0 Å². The van der Waals surface area contributed by atoms with Crippen LogP contribution in [0.1, 0.15) is 20.8 Å². The van der Waals surface area contributed by atoms with Crippen molar-refractivity contribution in [2.45, 2.75) is 32.4 Å². The fourth-order valence-corrected chi connectivity index (χ4v) is 1.15. The van der Waals surface area contributed by atoms with Gasteiger partial charge in [0.05, 0.1) is 0 Å². The minimum Gasteiger partial charge on any atom is -0.491 e. The summed E-state index contributed by atoms with van der Waals surface area (Å²) in [5.74, 6) is 0.236. The number of ether oxygens (including phenoxy) is 2. The van der Waals surface area contributed by atoms with Gasteiger partial charge in [0.25, 0.3) is 0 Å². The van der Waals surface area contributed by atoms with Crippen LogP contribution in [0.15, 0.2) is 30.3 Å². The number of benzene rings is 1. The molecule has 0 fully saturated rings. The average molecular weight is 237 g/mol. The van der Waals surface area contributed by atoms with Crippen LogP contribution in [0.4, 0.5) is 0 Å². The summed E-state index contributed by atoms with van der Waals surface area (Å²) in [5.41, 5.74) is 5.15. The van der Waals surface area contributed by atoms with E-state index in [1.54, 1.807) is 20.8 Å². The van der Waals surface area contributed by atoms with Crippen LogP contribution in [-0.4, -0.2) is 24.2 Å². The quantitative estimate of drug-likeness (QED) is 0.810. The molecule has 1 aromatic rings. The maximum absolute atomic E-state index is 11.6. The minimum absolute atomic E-state index is 0.110. The standard InChI is InChI=1S/C13H19NO3/c1-13(2,3)17-12(15)11(14)9-16-10-7-5-4-6-8-10/h4-8,11H,9,14H2,1-3H3/t11-/m0/s1. The van der Waals surface area contributed by atoms with E-state index in [1.807, 2.05) is 30.3 Å². The molecular weight excluding hydrogens is 218 g/mol. The van der Waals surface area contributed by atoms with Crippen molar-refractivity contribution in [3.8, 4) is 5.75 Å². The number of hydrogen-bond acceptors (Lipinski definition) is 4. The van der Waals surface area contributed by atoms with Crippen molar-refractivity contribution in [2.75, 3.05) is 6.61 Å². The van der Waals surface area contributed by atoms with E-state index < -0.39 is 17.6 Å². The Morgan fingerprint density at radius 1 is 1.29 bits per heavy atom. The van der Waals surface area contributed by atoms with Gasteiger partial charge in [0, 0.05) is 0 Å². The third kappa shape index (κ3) is 5.36. The fourth-order valence-electron chi connectivity index (χ4n) is 1.15. The average Bonchev–Trinajstić information content (AvgIpc) is 2.25. The zero-order valence-electron chi connectivity index (χ0n) is 10.5. The number of para-hydroxylation sites is 1. The Morgan fingerprint density at radius 2 is 1.88 bits per heavy atom. The Bertz CT molecular complexity index is 357. The molecule has 0 aromatic heterocycles. The first kappa shape index (κ1) is 13.5. The molecule has 0 aliphatic rings. The second kappa shape index (κ2) is 5.68. The van der Waals surface area contributed by atoms with Crippen molar-refractivity contribution in [1.29, 1.82) is 0 Å². The smallest absolute Gasteiger partial charge is 0.326 e. The first-order chi connectivity index (χ1) is 7.88. The van der Waals surface area contributed by atoms with Gasteiger partial charge in [0.15, 0.2) is 0 Å². The zero-order valence-corrected chi connectivity index (χ0v) is 10.5. The molecule has 0 aliphatic carbocycles. The lowest BCUT2D eigenvalue weighted by Gasteiger charge is -2.22. The normalized spacial score (nSPS) is 12.9. The Morgan fingerprint density at radius 3 is 2.41 bits per heavy atom. The third-order valence-corrected chi connectivity index (χ3v) is 1.88. The van der Waals surface area contributed by atoms with Gasteiger partial charge in [-0.3, -0.25) is 4.79 Å². The molecule has 0 amide bonds. The van der Waals surface area contributed by atoms with Crippen molar-refractivity contribution in [1.82, 2.24) is 0 Å². The lowest BCUT2D eigenvalue weighted by atomic mass is 10.2. The van der Waals surface area contributed by atoms with Gasteiger partial charge in [-0.05, 0) is 32.9 Å². The van der Waals surface area contributed by atoms with E-state index in [2.05, 4.69) is 0 Å². The fraction of sp³-hybridized carbons (Fsp3) is 0.462. The van der Waals surface area contributed by atoms with E-state index in [1.165, 1.54) is 0 Å². The summed E-state index contributed by atoms with van der Waals surface area (Å²) in [6.07, 6.45) is 0. The molecule has 94 valence electrons. The molecule has 0 radical (unpaired) electrons. The number of esters is 1. The summed E-state index contributed by atoms with van der Waals surface area (Å²) < 4.78 is 10.5. The highest BCUT2D eigenvalue weighted by Gasteiger charge is 2.22. The van der Waals surface area contributed by atoms with Crippen LogP contribution in [0.3, 0.4) is 0 Å². The Hall–Kier alpha value is -1.55. The van der Waals surface area contributed by atoms with Crippen molar-refractivity contribution in [3.05, 3.63) is 30.3 Å². The molecular formula is C13H19NO3. The van der Waals surface area contributed by atoms with Crippen LogP contribution >= 0.6 is 0 Å². The highest BCUT2D eigenvalue weighted by molar-refractivity contribution is 5.76. The van der Waals surface area contributed by atoms with Gasteiger partial charge in [0.2, 0.25) is 0 Å². The SMILES string of the molecule is CC(C)(C)OC(=O)[C@@H](N)COc1ccccc1. The Balaban J connectivity index is 2.40. The van der Waals surface area contributed by atoms with E-state index in [9.17, 15) is 4.79 Å². The maximum atomic E-state index is 11.6. The van der Waals surface area contributed by atoms with E-state index in [0.29, 0.717) is 5.75 Å². The molecule has 1 aromatic carbocycles. The maximum Gasteiger partial charge on any atom is 0.326 e. The molecule has 0 saturated heterocycles. The highest BCUT2D eigenvalue weighted by Crippen LogP contribution is 2.10. The molecule has 0 unspecified atom stereocenters. The largest absolute Gasteiger partial charge is 0.491 e. The molecule has 0 aliphatic heterocycles. The van der Waals surface area contributed by atoms with Crippen molar-refractivity contribution >= 4 is 5.97 Å². The molecule has 1 rings (SSSR count). The van der Waals surface area contributed by atoms with Crippen LogP contribution in [0, 0.1) is 0 Å². The predicted octanol–water partition coefficient (Wildman–Crippen LogP) is 1.73. The van der Waals surface area contributed by atoms with Gasteiger partial charge >= 0.3 is 5.97 Å². The summed E-state index contributed by atoms with van der Waals surface area (Å²) in [7, 11) is 0. The zero-order chi connectivity index (χ0) is 12.9. The second-order valence-electron chi connectivity index (χ2n) is 4.76. The van der Waals surface area contributed by atoms with Gasteiger partial charge in [-0.2, -0.15) is 0 Å². The number of rotatable bonds is 4. The summed E-state index contributed by atoms with van der Waals surface area (Å²) in [4.78, 5) is 11.6. The molecule has 4 nitrogen and oxygen atoms in total. The minimum atomic E-state index is -0.769. The van der Waals surface area contributed by atoms with Crippen LogP contribution in [-0.2, 0) is 9.53 Å². The molecule has 0 spiro atoms. The Labute approximate surface area is 102 Å². The lowest BCUT2D eigenvalue weighted by Crippen LogP contribution is -2.41. The molecule has 0 bridgehead atoms. The van der Waals surface area contributed by atoms with E-state index in [-0.39, 0.29) is 6.61 Å². The number of carbonyl (C=O) groups is 1. The first-order valence-electron chi connectivity index (χ1n) is 5.55. The van der Waals surface area contributed by atoms with E-state index in [4.69, 9.17) is 15.2 Å². The van der Waals surface area contributed by atoms with Crippen molar-refractivity contribution in [2.24, 2.45) is 5.73 Å². The number of nitrogens with two attached hydrogens (primary N) is 1. The summed E-state index contributed by atoms with van der Waals surface area (Å²) in [6, 6.07) is 8.45. The van der Waals surface area contributed by atoms with Gasteiger partial charge in [-0.15, -0.1) is 0 Å². The second-order valence-corrected chi connectivity index (χ2v) is 4.76. The Kier molecular flexibility index (Phi) is 4.52. The number of carbonyl (C=O) groups excluding carboxylic acids is 1. The molecule has 0 saturated carbocycles. The monoisotopic (exact) mass is 237 g/mol. The van der Waals surface area contributed by atoms with Gasteiger partial charge in [-0.1, -0.05) is 18.2 Å². The van der Waals surface area contributed by atoms with Gasteiger partial charge in [0.1, 0.15) is 24.0 Å². The van der Waals surface area contributed by atoms with Crippen molar-refractivity contribution in [3.63, 3.8) is 0 Å². The van der Waals surface area contributed by atoms with Crippen LogP contribution in [0.5, 0.6) is 5.75 Å². The number of hydrogen-bond donors (Lipinski definition) is 1. The van der Waals surface area contributed by atoms with Crippen LogP contribution < -0.4 is 10.5 Å². The van der Waals surface area contributed by atoms with E-state index >= 15 is 0 Å². The molecule has 4 heteroatoms. The highest BCUT2D eigenvalue weighted by atomic mass is 16.6. The van der Waals surface area contributed by atoms with Crippen LogP contribution in [0.25, 0.3) is 0 Å². The van der Waals surface area contributed by atoms with Crippen molar-refractivity contribution < 1.29 is 14.3 Å². The topological polar surface area (TPSA) is 61.5 Å².